The Balaban J connectivity index is 0.000000106. The van der Waals surface area contributed by atoms with Crippen LogP contribution in [0, 0.1) is 41.5 Å². The maximum absolute atomic E-state index is 6.33. The Labute approximate surface area is 699 Å². The van der Waals surface area contributed by atoms with Crippen molar-refractivity contribution < 1.29 is 35.9 Å². The number of hydrogen-bond acceptors (Lipinski definition) is 8. The third kappa shape index (κ3) is 14.4. The molecule has 0 spiro atoms. The van der Waals surface area contributed by atoms with Gasteiger partial charge in [0.05, 0.1) is 27.8 Å². The minimum atomic E-state index is 0.682. The minimum absolute atomic E-state index is 0.682. The summed E-state index contributed by atoms with van der Waals surface area (Å²) in [5, 5.41) is 8.65. The first-order valence-corrected chi connectivity index (χ1v) is 42.0. The van der Waals surface area contributed by atoms with Crippen molar-refractivity contribution in [2.45, 2.75) is 105 Å². The van der Waals surface area contributed by atoms with E-state index in [2.05, 4.69) is 351 Å². The number of hydrogen-bond donors (Lipinski definition) is 0. The van der Waals surface area contributed by atoms with Crippen LogP contribution in [0.2, 0.25) is 0 Å². The molecule has 2 aliphatic rings. The lowest BCUT2D eigenvalue weighted by Crippen LogP contribution is -2.31. The standard InChI is InChI=1S/2C29H27N2O.2C25H21N2O/c1-19-11-16-24-25-9-5-17-30-29(25)32-28(24)26(19)27-23(10-6-18-31(27)2)22-14-12-21(13-15-22)20-7-3-4-8-20;1-19-9-14-24-25-8-5-16-30-29(25)32-28(24)27(19)26-18-23(15-17-31(26)2)22-12-10-21(11-13-22)20-6-3-4-7-20;1-16-6-4-7-18(14-16)19-10-12-22(27(3)15-19)23-17(2)9-11-20-21-8-5-13-26-25(21)28-24(20)23;1-16-6-4-7-18(14-16)19-11-13-27(3)22(15-19)23-17(2)9-10-20-21-8-5-12-26-25(21)28-24(20)23/h5-6,9-18,20H,3-4,7-8H2,1-2H3;5,8-18,20H,3-4,6-7H2,1-2H3;2*4-15H,1-3H3/q4*+1. The topological polar surface area (TPSA) is 120 Å². The second-order valence-corrected chi connectivity index (χ2v) is 32.9. The lowest BCUT2D eigenvalue weighted by molar-refractivity contribution is -0.660. The normalized spacial score (nSPS) is 13.1. The van der Waals surface area contributed by atoms with Gasteiger partial charge in [-0.05, 0) is 206 Å². The monoisotopic (exact) mass is 1570 g/mol. The molecule has 120 heavy (non-hydrogen) atoms. The number of furan rings is 4. The largest absolute Gasteiger partial charge is 0.437 e. The molecule has 0 saturated heterocycles. The minimum Gasteiger partial charge on any atom is -0.437 e. The van der Waals surface area contributed by atoms with Crippen molar-refractivity contribution in [3.63, 3.8) is 0 Å². The predicted molar refractivity (Wildman–Crippen MR) is 485 cm³/mol. The molecular formula is C108H96N8O4+4. The number of aromatic nitrogens is 8. The Morgan fingerprint density at radius 2 is 0.642 bits per heavy atom. The van der Waals surface area contributed by atoms with E-state index in [0.29, 0.717) is 22.9 Å². The van der Waals surface area contributed by atoms with Gasteiger partial charge in [-0.3, -0.25) is 0 Å². The first kappa shape index (κ1) is 76.2. The van der Waals surface area contributed by atoms with Gasteiger partial charge in [0.1, 0.15) is 28.2 Å². The molecule has 0 atom stereocenters. The fourth-order valence-electron chi connectivity index (χ4n) is 18.6. The van der Waals surface area contributed by atoms with E-state index in [4.69, 9.17) is 17.7 Å². The summed E-state index contributed by atoms with van der Waals surface area (Å²) in [5.41, 5.74) is 35.5. The molecule has 0 amide bonds. The molecular weight excluding hydrogens is 1470 g/mol. The van der Waals surface area contributed by atoms with Crippen LogP contribution in [-0.2, 0) is 28.2 Å². The van der Waals surface area contributed by atoms with Crippen molar-refractivity contribution >= 4 is 88.3 Å². The summed E-state index contributed by atoms with van der Waals surface area (Å²) in [5.74, 6) is 1.48. The van der Waals surface area contributed by atoms with Gasteiger partial charge in [-0.15, -0.1) is 0 Å². The van der Waals surface area contributed by atoms with Crippen molar-refractivity contribution in [1.29, 1.82) is 0 Å². The van der Waals surface area contributed by atoms with Crippen LogP contribution < -0.4 is 18.3 Å². The van der Waals surface area contributed by atoms with Crippen LogP contribution in [0.4, 0.5) is 0 Å². The van der Waals surface area contributed by atoms with E-state index < -0.39 is 0 Å². The number of nitrogens with zero attached hydrogens (tertiary/aromatic N) is 8. The molecule has 588 valence electrons. The molecule has 20 aromatic rings. The van der Waals surface area contributed by atoms with E-state index in [1.807, 2.05) is 24.3 Å². The quantitative estimate of drug-likeness (QED) is 0.124. The fourth-order valence-corrected chi connectivity index (χ4v) is 18.6. The summed E-state index contributed by atoms with van der Waals surface area (Å²) in [7, 11) is 8.38. The van der Waals surface area contributed by atoms with Crippen molar-refractivity contribution in [3.8, 4) is 89.5 Å². The molecule has 12 heterocycles. The van der Waals surface area contributed by atoms with E-state index in [0.717, 1.165) is 117 Å². The van der Waals surface area contributed by atoms with Crippen LogP contribution in [0.1, 0.15) is 108 Å². The molecule has 2 saturated carbocycles. The zero-order valence-corrected chi connectivity index (χ0v) is 69.7. The van der Waals surface area contributed by atoms with E-state index in [1.54, 1.807) is 24.8 Å². The second-order valence-electron chi connectivity index (χ2n) is 32.9. The zero-order valence-electron chi connectivity index (χ0n) is 69.7. The number of aryl methyl sites for hydroxylation is 10. The number of benzene rings is 8. The molecule has 22 rings (SSSR count). The highest BCUT2D eigenvalue weighted by Gasteiger charge is 2.29. The molecule has 0 unspecified atom stereocenters. The van der Waals surface area contributed by atoms with Crippen molar-refractivity contribution in [2.24, 2.45) is 28.2 Å². The summed E-state index contributed by atoms with van der Waals surface area (Å²) < 4.78 is 33.7. The third-order valence-corrected chi connectivity index (χ3v) is 24.9. The summed E-state index contributed by atoms with van der Waals surface area (Å²) >= 11 is 0. The Morgan fingerprint density at radius 1 is 0.275 bits per heavy atom. The Morgan fingerprint density at radius 3 is 1.06 bits per heavy atom. The molecule has 12 heteroatoms. The first-order valence-electron chi connectivity index (χ1n) is 42.0. The third-order valence-electron chi connectivity index (χ3n) is 24.9. The van der Waals surface area contributed by atoms with Gasteiger partial charge in [-0.25, -0.2) is 38.2 Å². The van der Waals surface area contributed by atoms with Crippen LogP contribution in [0.15, 0.2) is 310 Å². The van der Waals surface area contributed by atoms with E-state index in [9.17, 15) is 0 Å². The predicted octanol–water partition coefficient (Wildman–Crippen LogP) is 25.7. The van der Waals surface area contributed by atoms with Crippen LogP contribution in [0.3, 0.4) is 0 Å². The Bertz CT molecular complexity index is 7320. The molecule has 12 aromatic heterocycles. The summed E-state index contributed by atoms with van der Waals surface area (Å²) in [6.45, 7) is 12.8. The highest BCUT2D eigenvalue weighted by Crippen LogP contribution is 2.45. The van der Waals surface area contributed by atoms with Gasteiger partial charge in [0.25, 0.3) is 0 Å². The zero-order chi connectivity index (χ0) is 81.8. The SMILES string of the molecule is Cc1ccc2c(oc3ncccc32)c1-c1c(-c2ccc(C3CCCC3)cc2)ccc[n+]1C.Cc1ccc2c(oc3ncccc32)c1-c1cc(-c2ccc(C3CCCC3)cc2)cc[n+]1C.Cc1cccc(-c2cc[n+](C)c(-c3c(C)ccc4c3oc3ncccc34)c2)c1.Cc1cccc(-c2ccc(-c3c(C)ccc4c3oc3ncccc34)[n+](C)c2)c1. The average molecular weight is 1570 g/mol. The average Bonchev–Trinajstić information content (AvgIpc) is 1.60. The summed E-state index contributed by atoms with van der Waals surface area (Å²) in [4.78, 5) is 17.7. The van der Waals surface area contributed by atoms with Crippen LogP contribution >= 0.6 is 0 Å². The first-order chi connectivity index (χ1) is 58.6. The molecule has 2 aliphatic carbocycles. The van der Waals surface area contributed by atoms with E-state index in [-0.39, 0.29) is 0 Å². The highest BCUT2D eigenvalue weighted by atomic mass is 16.4. The molecule has 12 nitrogen and oxygen atoms in total. The summed E-state index contributed by atoms with van der Waals surface area (Å²) in [6.07, 6.45) is 26.5. The smallest absolute Gasteiger partial charge is 0.227 e. The van der Waals surface area contributed by atoms with Crippen molar-refractivity contribution in [3.05, 3.63) is 337 Å². The van der Waals surface area contributed by atoms with Crippen LogP contribution in [0.5, 0.6) is 0 Å². The molecule has 0 aliphatic heterocycles. The molecule has 0 bridgehead atoms. The van der Waals surface area contributed by atoms with Gasteiger partial charge in [-0.2, -0.15) is 0 Å². The van der Waals surface area contributed by atoms with E-state index in [1.165, 1.54) is 146 Å². The summed E-state index contributed by atoms with van der Waals surface area (Å²) in [6, 6.07) is 86.7. The molecule has 8 aromatic carbocycles. The highest BCUT2D eigenvalue weighted by molar-refractivity contribution is 6.12. The lowest BCUT2D eigenvalue weighted by Gasteiger charge is -2.13. The molecule has 0 radical (unpaired) electrons. The Kier molecular flexibility index (Phi) is 20.5. The molecule has 2 fully saturated rings. The molecule has 0 N–H and O–H groups in total. The van der Waals surface area contributed by atoms with Crippen molar-refractivity contribution in [1.82, 2.24) is 19.9 Å². The van der Waals surface area contributed by atoms with Gasteiger partial charge >= 0.3 is 0 Å². The maximum Gasteiger partial charge on any atom is 0.227 e. The Hall–Kier alpha value is -13.8. The van der Waals surface area contributed by atoms with Gasteiger partial charge < -0.3 is 17.7 Å². The second kappa shape index (κ2) is 32.2. The van der Waals surface area contributed by atoms with Gasteiger partial charge in [0.2, 0.25) is 45.6 Å². The van der Waals surface area contributed by atoms with Gasteiger partial charge in [0, 0.05) is 110 Å². The number of fused-ring (bicyclic) bond motifs is 12. The lowest BCUT2D eigenvalue weighted by atomic mass is 9.92. The van der Waals surface area contributed by atoms with Gasteiger partial charge in [-0.1, -0.05) is 182 Å². The van der Waals surface area contributed by atoms with E-state index >= 15 is 0 Å². The fraction of sp³-hybridized carbons (Fsp3) is 0.185. The van der Waals surface area contributed by atoms with Crippen LogP contribution in [0.25, 0.3) is 178 Å². The van der Waals surface area contributed by atoms with Gasteiger partial charge in [0.15, 0.2) is 47.1 Å². The van der Waals surface area contributed by atoms with Crippen LogP contribution in [-0.4, -0.2) is 19.9 Å². The van der Waals surface area contributed by atoms with Crippen molar-refractivity contribution in [2.75, 3.05) is 0 Å². The maximum atomic E-state index is 6.33. The number of pyridine rings is 8. The number of rotatable bonds is 10.